The molecule has 140 valence electrons. The van der Waals surface area contributed by atoms with E-state index in [1.807, 2.05) is 41.7 Å². The average molecular weight is 371 g/mol. The lowest BCUT2D eigenvalue weighted by Crippen LogP contribution is -2.03. The molecule has 0 radical (unpaired) electrons. The fraction of sp³-hybridized carbons (Fsp3) is 0.435. The topological polar surface area (TPSA) is 26.3 Å². The Morgan fingerprint density at radius 3 is 2.42 bits per heavy atom. The Labute approximate surface area is 161 Å². The van der Waals surface area contributed by atoms with Crippen LogP contribution in [0.3, 0.4) is 0 Å². The van der Waals surface area contributed by atoms with Gasteiger partial charge in [-0.15, -0.1) is 11.3 Å². The molecule has 0 bridgehead atoms. The second-order valence-corrected chi connectivity index (χ2v) is 7.74. The van der Waals surface area contributed by atoms with Crippen LogP contribution in [0.4, 0.5) is 0 Å². The Kier molecular flexibility index (Phi) is 9.19. The number of thiophene rings is 1. The van der Waals surface area contributed by atoms with Crippen LogP contribution in [0.5, 0.6) is 5.75 Å². The molecule has 0 aliphatic rings. The van der Waals surface area contributed by atoms with Gasteiger partial charge in [0.05, 0.1) is 0 Å². The molecule has 1 heterocycles. The first-order chi connectivity index (χ1) is 12.7. The van der Waals surface area contributed by atoms with Gasteiger partial charge in [-0.05, 0) is 67.6 Å². The zero-order chi connectivity index (χ0) is 18.6. The third-order valence-electron chi connectivity index (χ3n) is 4.27. The highest BCUT2D eigenvalue weighted by atomic mass is 32.1. The quantitative estimate of drug-likeness (QED) is 0.181. The molecule has 0 unspecified atom stereocenters. The van der Waals surface area contributed by atoms with E-state index in [-0.39, 0.29) is 5.97 Å². The maximum atomic E-state index is 11.8. The smallest absolute Gasteiger partial charge is 0.335 e. The number of hydrogen-bond acceptors (Lipinski definition) is 3. The number of ether oxygens (including phenoxy) is 1. The van der Waals surface area contributed by atoms with E-state index < -0.39 is 0 Å². The fourth-order valence-electron chi connectivity index (χ4n) is 2.75. The van der Waals surface area contributed by atoms with Crippen LogP contribution in [0, 0.1) is 0 Å². The average Bonchev–Trinajstić information content (AvgIpc) is 3.11. The lowest BCUT2D eigenvalue weighted by atomic mass is 10.1. The fourth-order valence-corrected chi connectivity index (χ4v) is 3.80. The molecule has 2 rings (SSSR count). The van der Waals surface area contributed by atoms with Gasteiger partial charge in [0, 0.05) is 15.8 Å². The van der Waals surface area contributed by atoms with Crippen LogP contribution in [0.25, 0.3) is 10.4 Å². The molecule has 0 atom stereocenters. The normalized spacial score (nSPS) is 11.2. The minimum atomic E-state index is -0.302. The lowest BCUT2D eigenvalue weighted by Gasteiger charge is -2.03. The number of esters is 1. The van der Waals surface area contributed by atoms with Gasteiger partial charge < -0.3 is 4.74 Å². The molecule has 0 N–H and O–H groups in total. The number of aryl methyl sites for hydroxylation is 1. The molecule has 0 aliphatic carbocycles. The van der Waals surface area contributed by atoms with E-state index in [1.165, 1.54) is 59.9 Å². The maximum Gasteiger partial charge on any atom is 0.335 e. The summed E-state index contributed by atoms with van der Waals surface area (Å²) in [4.78, 5) is 14.5. The highest BCUT2D eigenvalue weighted by Gasteiger charge is 2.05. The number of hydrogen-bond donors (Lipinski definition) is 0. The van der Waals surface area contributed by atoms with E-state index in [9.17, 15) is 4.79 Å². The summed E-state index contributed by atoms with van der Waals surface area (Å²) in [5, 5.41) is 0. The van der Waals surface area contributed by atoms with Gasteiger partial charge >= 0.3 is 5.97 Å². The van der Waals surface area contributed by atoms with E-state index in [0.717, 1.165) is 12.8 Å². The SMILES string of the molecule is CCCCC/C=C/C(=O)Oc1ccc(-c2ccc(CCCCC)s2)cc1. The third-order valence-corrected chi connectivity index (χ3v) is 5.47. The molecular weight excluding hydrogens is 340 g/mol. The van der Waals surface area contributed by atoms with E-state index in [2.05, 4.69) is 26.0 Å². The Hall–Kier alpha value is -1.87. The van der Waals surface area contributed by atoms with Crippen molar-refractivity contribution in [2.75, 3.05) is 0 Å². The molecule has 0 spiro atoms. The number of carbonyl (C=O) groups is 1. The van der Waals surface area contributed by atoms with Gasteiger partial charge in [-0.25, -0.2) is 4.79 Å². The molecule has 0 fully saturated rings. The van der Waals surface area contributed by atoms with Crippen molar-refractivity contribution < 1.29 is 9.53 Å². The van der Waals surface area contributed by atoms with Crippen molar-refractivity contribution in [3.8, 4) is 16.2 Å². The van der Waals surface area contributed by atoms with Crippen LogP contribution in [-0.4, -0.2) is 5.97 Å². The van der Waals surface area contributed by atoms with Crippen molar-refractivity contribution in [2.24, 2.45) is 0 Å². The maximum absolute atomic E-state index is 11.8. The van der Waals surface area contributed by atoms with Crippen molar-refractivity contribution in [3.63, 3.8) is 0 Å². The highest BCUT2D eigenvalue weighted by Crippen LogP contribution is 2.30. The van der Waals surface area contributed by atoms with Crippen molar-refractivity contribution in [2.45, 2.75) is 65.2 Å². The second kappa shape index (κ2) is 11.7. The summed E-state index contributed by atoms with van der Waals surface area (Å²) in [6.45, 7) is 4.40. The second-order valence-electron chi connectivity index (χ2n) is 6.57. The Bertz CT molecular complexity index is 682. The van der Waals surface area contributed by atoms with Crippen molar-refractivity contribution >= 4 is 17.3 Å². The first-order valence-electron chi connectivity index (χ1n) is 9.80. The minimum Gasteiger partial charge on any atom is -0.423 e. The standard InChI is InChI=1S/C23H30O2S/c1-3-5-7-8-10-12-23(24)25-20-15-13-19(14-16-20)22-18-17-21(26-22)11-9-6-4-2/h10,12-18H,3-9,11H2,1-2H3/b12-10+. The molecule has 0 saturated carbocycles. The molecule has 3 heteroatoms. The molecule has 26 heavy (non-hydrogen) atoms. The number of benzene rings is 1. The Balaban J connectivity index is 1.85. The monoisotopic (exact) mass is 370 g/mol. The molecule has 0 saturated heterocycles. The molecule has 0 aliphatic heterocycles. The van der Waals surface area contributed by atoms with Crippen LogP contribution in [0.1, 0.15) is 63.7 Å². The largest absolute Gasteiger partial charge is 0.423 e. The minimum absolute atomic E-state index is 0.302. The molecule has 2 nitrogen and oxygen atoms in total. The van der Waals surface area contributed by atoms with Crippen molar-refractivity contribution in [1.82, 2.24) is 0 Å². The third kappa shape index (κ3) is 7.17. The molecule has 1 aromatic carbocycles. The predicted molar refractivity (Wildman–Crippen MR) is 112 cm³/mol. The van der Waals surface area contributed by atoms with Gasteiger partial charge in [0.15, 0.2) is 0 Å². The molecule has 0 amide bonds. The van der Waals surface area contributed by atoms with Crippen LogP contribution in [0.15, 0.2) is 48.6 Å². The van der Waals surface area contributed by atoms with Crippen LogP contribution in [-0.2, 0) is 11.2 Å². The van der Waals surface area contributed by atoms with E-state index in [0.29, 0.717) is 5.75 Å². The van der Waals surface area contributed by atoms with E-state index in [1.54, 1.807) is 0 Å². The zero-order valence-corrected chi connectivity index (χ0v) is 16.8. The number of unbranched alkanes of at least 4 members (excludes halogenated alkanes) is 5. The van der Waals surface area contributed by atoms with Crippen molar-refractivity contribution in [1.29, 1.82) is 0 Å². The van der Waals surface area contributed by atoms with Crippen LogP contribution in [0.2, 0.25) is 0 Å². The Morgan fingerprint density at radius 1 is 0.962 bits per heavy atom. The first-order valence-corrected chi connectivity index (χ1v) is 10.6. The Morgan fingerprint density at radius 2 is 1.69 bits per heavy atom. The van der Waals surface area contributed by atoms with Crippen LogP contribution >= 0.6 is 11.3 Å². The summed E-state index contributed by atoms with van der Waals surface area (Å²) >= 11 is 1.85. The van der Waals surface area contributed by atoms with Crippen molar-refractivity contribution in [3.05, 3.63) is 53.4 Å². The zero-order valence-electron chi connectivity index (χ0n) is 16.0. The molecule has 2 aromatic rings. The number of rotatable bonds is 11. The van der Waals surface area contributed by atoms with Gasteiger partial charge in [-0.2, -0.15) is 0 Å². The molecular formula is C23H30O2S. The van der Waals surface area contributed by atoms with Gasteiger partial charge in [-0.3, -0.25) is 0 Å². The van der Waals surface area contributed by atoms with Gasteiger partial charge in [-0.1, -0.05) is 45.6 Å². The van der Waals surface area contributed by atoms with Gasteiger partial charge in [0.1, 0.15) is 5.75 Å². The van der Waals surface area contributed by atoms with Gasteiger partial charge in [0.25, 0.3) is 0 Å². The van der Waals surface area contributed by atoms with Gasteiger partial charge in [0.2, 0.25) is 0 Å². The number of allylic oxidation sites excluding steroid dienone is 1. The predicted octanol–water partition coefficient (Wildman–Crippen LogP) is 7.19. The molecule has 1 aromatic heterocycles. The van der Waals surface area contributed by atoms with Crippen LogP contribution < -0.4 is 4.74 Å². The van der Waals surface area contributed by atoms with E-state index >= 15 is 0 Å². The summed E-state index contributed by atoms with van der Waals surface area (Å²) in [5.41, 5.74) is 1.17. The number of carbonyl (C=O) groups excluding carboxylic acids is 1. The first kappa shape index (κ1) is 20.4. The van der Waals surface area contributed by atoms with E-state index in [4.69, 9.17) is 4.74 Å². The summed E-state index contributed by atoms with van der Waals surface area (Å²) in [6, 6.07) is 12.2. The summed E-state index contributed by atoms with van der Waals surface area (Å²) in [5.74, 6) is 0.292. The highest BCUT2D eigenvalue weighted by molar-refractivity contribution is 7.15. The summed E-state index contributed by atoms with van der Waals surface area (Å²) in [6.07, 6.45) is 12.8. The summed E-state index contributed by atoms with van der Waals surface area (Å²) in [7, 11) is 0. The summed E-state index contributed by atoms with van der Waals surface area (Å²) < 4.78 is 5.36. The lowest BCUT2D eigenvalue weighted by molar-refractivity contribution is -0.129.